The molecule has 2 fully saturated rings. The van der Waals surface area contributed by atoms with Crippen molar-refractivity contribution in [3.8, 4) is 0 Å². The highest BCUT2D eigenvalue weighted by Crippen LogP contribution is 2.28. The molecular weight excluding hydrogens is 318 g/mol. The molecule has 0 aromatic carbocycles. The number of aliphatic hydroxyl groups is 1. The molecule has 0 radical (unpaired) electrons. The molecule has 1 saturated carbocycles. The summed E-state index contributed by atoms with van der Waals surface area (Å²) in [6.45, 7) is 0.922. The third-order valence-corrected chi connectivity index (χ3v) is 5.46. The number of rotatable bonds is 5. The van der Waals surface area contributed by atoms with Crippen LogP contribution in [-0.2, 0) is 16.1 Å². The quantitative estimate of drug-likeness (QED) is 0.795. The van der Waals surface area contributed by atoms with Gasteiger partial charge in [-0.15, -0.1) is 0 Å². The largest absolute Gasteiger partial charge is 0.394 e. The van der Waals surface area contributed by atoms with Crippen LogP contribution in [0.2, 0.25) is 0 Å². The summed E-state index contributed by atoms with van der Waals surface area (Å²) in [6.07, 6.45) is 9.65. The molecule has 1 aliphatic heterocycles. The van der Waals surface area contributed by atoms with E-state index >= 15 is 0 Å². The van der Waals surface area contributed by atoms with Crippen molar-refractivity contribution in [3.63, 3.8) is 0 Å². The van der Waals surface area contributed by atoms with Gasteiger partial charge in [0.25, 0.3) is 0 Å². The molecule has 1 aromatic heterocycles. The minimum absolute atomic E-state index is 0.0101. The Labute approximate surface area is 148 Å². The predicted molar refractivity (Wildman–Crippen MR) is 93.4 cm³/mol. The molecule has 3 rings (SSSR count). The summed E-state index contributed by atoms with van der Waals surface area (Å²) >= 11 is 0. The molecule has 0 spiro atoms. The maximum Gasteiger partial charge on any atom is 0.225 e. The molecule has 25 heavy (non-hydrogen) atoms. The van der Waals surface area contributed by atoms with Gasteiger partial charge in [-0.2, -0.15) is 0 Å². The Hall–Kier alpha value is -1.95. The summed E-state index contributed by atoms with van der Waals surface area (Å²) in [4.78, 5) is 30.7. The molecule has 2 N–H and O–H groups in total. The van der Waals surface area contributed by atoms with E-state index in [4.69, 9.17) is 0 Å². The third kappa shape index (κ3) is 4.37. The van der Waals surface area contributed by atoms with Gasteiger partial charge in [0.15, 0.2) is 0 Å². The van der Waals surface area contributed by atoms with Crippen LogP contribution in [0, 0.1) is 5.92 Å². The van der Waals surface area contributed by atoms with Gasteiger partial charge < -0.3 is 15.3 Å². The minimum atomic E-state index is -0.505. The van der Waals surface area contributed by atoms with E-state index in [1.165, 1.54) is 0 Å². The first-order valence-corrected chi connectivity index (χ1v) is 9.21. The molecule has 2 aliphatic rings. The van der Waals surface area contributed by atoms with Crippen molar-refractivity contribution in [2.75, 3.05) is 13.2 Å². The van der Waals surface area contributed by atoms with Gasteiger partial charge in [-0.1, -0.05) is 25.7 Å². The highest BCUT2D eigenvalue weighted by atomic mass is 16.3. The number of aromatic nitrogens is 1. The van der Waals surface area contributed by atoms with Gasteiger partial charge in [0.1, 0.15) is 0 Å². The topological polar surface area (TPSA) is 82.5 Å². The zero-order valence-electron chi connectivity index (χ0n) is 14.6. The van der Waals surface area contributed by atoms with Crippen LogP contribution in [0.3, 0.4) is 0 Å². The molecule has 1 atom stereocenters. The average Bonchev–Trinajstić information content (AvgIpc) is 2.84. The van der Waals surface area contributed by atoms with Crippen molar-refractivity contribution in [2.45, 2.75) is 57.0 Å². The number of pyridine rings is 1. The number of hydrogen-bond donors (Lipinski definition) is 2. The highest BCUT2D eigenvalue weighted by molar-refractivity contribution is 5.89. The Bertz CT molecular complexity index is 597. The maximum atomic E-state index is 12.7. The van der Waals surface area contributed by atoms with Crippen LogP contribution in [0.4, 0.5) is 0 Å². The van der Waals surface area contributed by atoms with Crippen LogP contribution >= 0.6 is 0 Å². The molecule has 1 aliphatic carbocycles. The summed E-state index contributed by atoms with van der Waals surface area (Å²) in [5.41, 5.74) is 0.509. The number of likely N-dealkylation sites (tertiary alicyclic amines) is 1. The zero-order chi connectivity index (χ0) is 17.7. The van der Waals surface area contributed by atoms with Crippen LogP contribution < -0.4 is 5.32 Å². The van der Waals surface area contributed by atoms with Crippen molar-refractivity contribution in [3.05, 3.63) is 30.1 Å². The number of nitrogens with zero attached hydrogens (tertiary/aromatic N) is 2. The molecule has 2 amide bonds. The average molecular weight is 345 g/mol. The van der Waals surface area contributed by atoms with Gasteiger partial charge in [0.2, 0.25) is 11.8 Å². The van der Waals surface area contributed by atoms with Gasteiger partial charge in [0, 0.05) is 31.9 Å². The van der Waals surface area contributed by atoms with Crippen molar-refractivity contribution in [1.29, 1.82) is 0 Å². The first-order valence-electron chi connectivity index (χ1n) is 9.21. The van der Waals surface area contributed by atoms with Crippen molar-refractivity contribution in [2.24, 2.45) is 5.92 Å². The van der Waals surface area contributed by atoms with Crippen LogP contribution in [-0.4, -0.2) is 45.5 Å². The molecule has 136 valence electrons. The second-order valence-corrected chi connectivity index (χ2v) is 7.37. The standard InChI is InChI=1S/C19H27N3O3/c23-14-19(7-3-1-2-4-8-19)21-18(25)16-11-17(24)22(13-16)12-15-5-9-20-10-6-15/h5-6,9-10,16,23H,1-4,7-8,11-14H2,(H,21,25)/t16-/m1/s1. The fourth-order valence-corrected chi connectivity index (χ4v) is 3.90. The molecule has 6 nitrogen and oxygen atoms in total. The Morgan fingerprint density at radius 3 is 2.56 bits per heavy atom. The van der Waals surface area contributed by atoms with Crippen molar-refractivity contribution < 1.29 is 14.7 Å². The maximum absolute atomic E-state index is 12.7. The molecule has 2 heterocycles. The molecular formula is C19H27N3O3. The summed E-state index contributed by atoms with van der Waals surface area (Å²) in [7, 11) is 0. The summed E-state index contributed by atoms with van der Waals surface area (Å²) in [5.74, 6) is -0.418. The fourth-order valence-electron chi connectivity index (χ4n) is 3.90. The van der Waals surface area contributed by atoms with Crippen LogP contribution in [0.15, 0.2) is 24.5 Å². The third-order valence-electron chi connectivity index (χ3n) is 5.46. The Morgan fingerprint density at radius 2 is 1.92 bits per heavy atom. The van der Waals surface area contributed by atoms with E-state index in [1.54, 1.807) is 17.3 Å². The number of nitrogens with one attached hydrogen (secondary N) is 1. The lowest BCUT2D eigenvalue weighted by atomic mass is 9.90. The van der Waals surface area contributed by atoms with E-state index in [1.807, 2.05) is 12.1 Å². The monoisotopic (exact) mass is 345 g/mol. The van der Waals surface area contributed by atoms with Crippen LogP contribution in [0.25, 0.3) is 0 Å². The normalized spacial score (nSPS) is 23.3. The second kappa shape index (κ2) is 7.95. The Balaban J connectivity index is 1.60. The molecule has 0 bridgehead atoms. The lowest BCUT2D eigenvalue weighted by molar-refractivity contribution is -0.130. The summed E-state index contributed by atoms with van der Waals surface area (Å²) < 4.78 is 0. The first kappa shape index (κ1) is 17.9. The summed E-state index contributed by atoms with van der Waals surface area (Å²) in [6, 6.07) is 3.76. The molecule has 1 saturated heterocycles. The van der Waals surface area contributed by atoms with E-state index in [9.17, 15) is 14.7 Å². The summed E-state index contributed by atoms with van der Waals surface area (Å²) in [5, 5.41) is 13.0. The number of aliphatic hydroxyl groups excluding tert-OH is 1. The van der Waals surface area contributed by atoms with Crippen LogP contribution in [0.5, 0.6) is 0 Å². The van der Waals surface area contributed by atoms with E-state index < -0.39 is 5.54 Å². The van der Waals surface area contributed by atoms with Gasteiger partial charge in [-0.25, -0.2) is 0 Å². The Morgan fingerprint density at radius 1 is 1.24 bits per heavy atom. The van der Waals surface area contributed by atoms with Gasteiger partial charge >= 0.3 is 0 Å². The fraction of sp³-hybridized carbons (Fsp3) is 0.632. The number of amides is 2. The van der Waals surface area contributed by atoms with Crippen molar-refractivity contribution >= 4 is 11.8 Å². The SMILES string of the molecule is O=C(NC1(CO)CCCCCC1)[C@@H]1CC(=O)N(Cc2ccncc2)C1. The zero-order valence-corrected chi connectivity index (χ0v) is 14.6. The van der Waals surface area contributed by atoms with E-state index in [2.05, 4.69) is 10.3 Å². The van der Waals surface area contributed by atoms with E-state index in [0.717, 1.165) is 44.1 Å². The lowest BCUT2D eigenvalue weighted by Gasteiger charge is -2.33. The number of carbonyl (C=O) groups excluding carboxylic acids is 2. The van der Waals surface area contributed by atoms with Crippen molar-refractivity contribution in [1.82, 2.24) is 15.2 Å². The van der Waals surface area contributed by atoms with Gasteiger partial charge in [-0.05, 0) is 30.5 Å². The number of hydrogen-bond acceptors (Lipinski definition) is 4. The highest BCUT2D eigenvalue weighted by Gasteiger charge is 2.38. The molecule has 6 heteroatoms. The van der Waals surface area contributed by atoms with Crippen LogP contribution in [0.1, 0.15) is 50.5 Å². The second-order valence-electron chi connectivity index (χ2n) is 7.37. The molecule has 0 unspecified atom stereocenters. The van der Waals surface area contributed by atoms with E-state index in [-0.39, 0.29) is 30.8 Å². The van der Waals surface area contributed by atoms with E-state index in [0.29, 0.717) is 13.1 Å². The number of carbonyl (C=O) groups is 2. The smallest absolute Gasteiger partial charge is 0.225 e. The predicted octanol–water partition coefficient (Wildman–Crippen LogP) is 1.63. The first-order chi connectivity index (χ1) is 12.1. The molecule has 1 aromatic rings. The Kier molecular flexibility index (Phi) is 5.68. The lowest BCUT2D eigenvalue weighted by Crippen LogP contribution is -2.53. The van der Waals surface area contributed by atoms with Gasteiger partial charge in [-0.3, -0.25) is 14.6 Å². The minimum Gasteiger partial charge on any atom is -0.394 e. The van der Waals surface area contributed by atoms with Gasteiger partial charge in [0.05, 0.1) is 18.1 Å².